The van der Waals surface area contributed by atoms with Gasteiger partial charge < -0.3 is 10.1 Å². The van der Waals surface area contributed by atoms with E-state index in [0.29, 0.717) is 0 Å². The predicted molar refractivity (Wildman–Crippen MR) is 82.3 cm³/mol. The second-order valence-electron chi connectivity index (χ2n) is 4.64. The number of aromatic nitrogens is 2. The summed E-state index contributed by atoms with van der Waals surface area (Å²) in [5.41, 5.74) is 3.14. The highest BCUT2D eigenvalue weighted by atomic mass is 16.5. The van der Waals surface area contributed by atoms with Crippen molar-refractivity contribution in [2.24, 2.45) is 0 Å². The molecule has 0 fully saturated rings. The number of ether oxygens (including phenoxy) is 1. The molecule has 0 saturated carbocycles. The fourth-order valence-electron chi connectivity index (χ4n) is 2.10. The molecule has 4 heteroatoms. The molecule has 0 amide bonds. The largest absolute Gasteiger partial charge is 0.496 e. The van der Waals surface area contributed by atoms with Gasteiger partial charge in [0.25, 0.3) is 0 Å². The highest BCUT2D eigenvalue weighted by Gasteiger charge is 2.08. The molecule has 4 nitrogen and oxygen atoms in total. The Hall–Kier alpha value is -2.10. The maximum absolute atomic E-state index is 5.29. The molecular weight excluding hydrogens is 250 g/mol. The van der Waals surface area contributed by atoms with Gasteiger partial charge in [-0.1, -0.05) is 6.92 Å². The summed E-state index contributed by atoms with van der Waals surface area (Å²) in [5, 5.41) is 3.25. The van der Waals surface area contributed by atoms with E-state index in [1.54, 1.807) is 7.11 Å². The Morgan fingerprint density at radius 3 is 2.55 bits per heavy atom. The fourth-order valence-corrected chi connectivity index (χ4v) is 2.10. The van der Waals surface area contributed by atoms with Gasteiger partial charge in [-0.2, -0.15) is 0 Å². The number of nitrogens with zero attached hydrogens (tertiary/aromatic N) is 2. The Kier molecular flexibility index (Phi) is 4.56. The molecular formula is C16H21N3O. The highest BCUT2D eigenvalue weighted by molar-refractivity contribution is 5.60. The number of hydrogen-bond donors (Lipinski definition) is 1. The van der Waals surface area contributed by atoms with Gasteiger partial charge in [-0.15, -0.1) is 0 Å². The normalized spacial score (nSPS) is 10.4. The zero-order chi connectivity index (χ0) is 14.5. The van der Waals surface area contributed by atoms with Gasteiger partial charge in [-0.05, 0) is 44.0 Å². The first-order valence-corrected chi connectivity index (χ1v) is 6.94. The second kappa shape index (κ2) is 6.37. The van der Waals surface area contributed by atoms with E-state index >= 15 is 0 Å². The van der Waals surface area contributed by atoms with Crippen molar-refractivity contribution in [3.05, 3.63) is 35.5 Å². The molecule has 0 saturated heterocycles. The molecule has 1 N–H and O–H groups in total. The van der Waals surface area contributed by atoms with Crippen LogP contribution < -0.4 is 10.1 Å². The predicted octanol–water partition coefficient (Wildman–Crippen LogP) is 3.45. The molecule has 0 aliphatic rings. The highest BCUT2D eigenvalue weighted by Crippen LogP contribution is 2.25. The molecule has 1 heterocycles. The summed E-state index contributed by atoms with van der Waals surface area (Å²) in [6, 6.07) is 8.02. The van der Waals surface area contributed by atoms with E-state index in [0.717, 1.165) is 47.2 Å². The quantitative estimate of drug-likeness (QED) is 0.904. The number of benzene rings is 1. The van der Waals surface area contributed by atoms with E-state index in [4.69, 9.17) is 4.74 Å². The number of hydrogen-bond acceptors (Lipinski definition) is 4. The van der Waals surface area contributed by atoms with Gasteiger partial charge in [-0.3, -0.25) is 0 Å². The standard InChI is InChI=1S/C16H21N3O/c1-5-13-10-15(17-6-2)19-16(18-13)12-7-8-14(20-4)11(3)9-12/h7-10H,5-6H2,1-4H3,(H,17,18,19). The van der Waals surface area contributed by atoms with Gasteiger partial charge in [0, 0.05) is 23.9 Å². The number of rotatable bonds is 5. The monoisotopic (exact) mass is 271 g/mol. The Morgan fingerprint density at radius 2 is 1.95 bits per heavy atom. The lowest BCUT2D eigenvalue weighted by Crippen LogP contribution is -2.04. The zero-order valence-electron chi connectivity index (χ0n) is 12.5. The number of nitrogens with one attached hydrogen (secondary N) is 1. The first-order chi connectivity index (χ1) is 9.67. The van der Waals surface area contributed by atoms with Gasteiger partial charge in [0.2, 0.25) is 0 Å². The minimum Gasteiger partial charge on any atom is -0.496 e. The van der Waals surface area contributed by atoms with Crippen LogP contribution >= 0.6 is 0 Å². The Morgan fingerprint density at radius 1 is 1.15 bits per heavy atom. The zero-order valence-corrected chi connectivity index (χ0v) is 12.5. The van der Waals surface area contributed by atoms with Crippen LogP contribution in [0.2, 0.25) is 0 Å². The smallest absolute Gasteiger partial charge is 0.161 e. The summed E-state index contributed by atoms with van der Waals surface area (Å²) >= 11 is 0. The van der Waals surface area contributed by atoms with Gasteiger partial charge in [0.1, 0.15) is 11.6 Å². The van der Waals surface area contributed by atoms with Crippen LogP contribution in [0.3, 0.4) is 0 Å². The van der Waals surface area contributed by atoms with Gasteiger partial charge in [0.05, 0.1) is 7.11 Å². The van der Waals surface area contributed by atoms with Crippen molar-refractivity contribution in [2.75, 3.05) is 19.0 Å². The molecule has 1 aromatic carbocycles. The van der Waals surface area contributed by atoms with Gasteiger partial charge in [-0.25, -0.2) is 9.97 Å². The van der Waals surface area contributed by atoms with Crippen molar-refractivity contribution in [3.63, 3.8) is 0 Å². The Bertz CT molecular complexity index is 596. The average molecular weight is 271 g/mol. The maximum Gasteiger partial charge on any atom is 0.161 e. The van der Waals surface area contributed by atoms with E-state index in [1.165, 1.54) is 0 Å². The lowest BCUT2D eigenvalue weighted by atomic mass is 10.1. The van der Waals surface area contributed by atoms with E-state index in [-0.39, 0.29) is 0 Å². The van der Waals surface area contributed by atoms with Gasteiger partial charge in [0.15, 0.2) is 5.82 Å². The summed E-state index contributed by atoms with van der Waals surface area (Å²) in [6.45, 7) is 7.03. The first-order valence-electron chi connectivity index (χ1n) is 6.94. The minimum atomic E-state index is 0.756. The van der Waals surface area contributed by atoms with Crippen LogP contribution in [0.5, 0.6) is 5.75 Å². The molecule has 0 aliphatic heterocycles. The van der Waals surface area contributed by atoms with Crippen molar-refractivity contribution in [1.29, 1.82) is 0 Å². The van der Waals surface area contributed by atoms with Crippen LogP contribution in [-0.2, 0) is 6.42 Å². The molecule has 0 spiro atoms. The average Bonchev–Trinajstić information content (AvgIpc) is 2.47. The van der Waals surface area contributed by atoms with Crippen molar-refractivity contribution < 1.29 is 4.74 Å². The lowest BCUT2D eigenvalue weighted by Gasteiger charge is -2.10. The summed E-state index contributed by atoms with van der Waals surface area (Å²) in [7, 11) is 1.68. The van der Waals surface area contributed by atoms with E-state index in [2.05, 4.69) is 35.2 Å². The third-order valence-corrected chi connectivity index (χ3v) is 3.15. The molecule has 2 rings (SSSR count). The summed E-state index contributed by atoms with van der Waals surface area (Å²) in [5.74, 6) is 2.51. The molecule has 1 aromatic heterocycles. The summed E-state index contributed by atoms with van der Waals surface area (Å²) in [6.07, 6.45) is 0.892. The van der Waals surface area contributed by atoms with E-state index in [9.17, 15) is 0 Å². The Balaban J connectivity index is 2.45. The third-order valence-electron chi connectivity index (χ3n) is 3.15. The first kappa shape index (κ1) is 14.3. The van der Waals surface area contributed by atoms with Crippen molar-refractivity contribution in [3.8, 4) is 17.1 Å². The summed E-state index contributed by atoms with van der Waals surface area (Å²) in [4.78, 5) is 9.18. The lowest BCUT2D eigenvalue weighted by molar-refractivity contribution is 0.412. The topological polar surface area (TPSA) is 47.0 Å². The van der Waals surface area contributed by atoms with Crippen molar-refractivity contribution >= 4 is 5.82 Å². The molecule has 0 aliphatic carbocycles. The minimum absolute atomic E-state index is 0.756. The molecule has 0 bridgehead atoms. The van der Waals surface area contributed by atoms with E-state index < -0.39 is 0 Å². The number of methoxy groups -OCH3 is 1. The molecule has 106 valence electrons. The van der Waals surface area contributed by atoms with E-state index in [1.807, 2.05) is 25.1 Å². The van der Waals surface area contributed by atoms with Crippen LogP contribution in [0.25, 0.3) is 11.4 Å². The fraction of sp³-hybridized carbons (Fsp3) is 0.375. The summed E-state index contributed by atoms with van der Waals surface area (Å²) < 4.78 is 5.29. The number of aryl methyl sites for hydroxylation is 2. The van der Waals surface area contributed by atoms with Crippen molar-refractivity contribution in [1.82, 2.24) is 9.97 Å². The Labute approximate surface area is 120 Å². The molecule has 0 atom stereocenters. The van der Waals surface area contributed by atoms with Crippen LogP contribution in [0.4, 0.5) is 5.82 Å². The number of anilines is 1. The molecule has 20 heavy (non-hydrogen) atoms. The second-order valence-corrected chi connectivity index (χ2v) is 4.64. The van der Waals surface area contributed by atoms with Crippen LogP contribution in [0.1, 0.15) is 25.1 Å². The van der Waals surface area contributed by atoms with Crippen LogP contribution in [0.15, 0.2) is 24.3 Å². The molecule has 2 aromatic rings. The molecule has 0 radical (unpaired) electrons. The van der Waals surface area contributed by atoms with Gasteiger partial charge >= 0.3 is 0 Å². The molecule has 0 unspecified atom stereocenters. The van der Waals surface area contributed by atoms with Crippen LogP contribution in [0, 0.1) is 6.92 Å². The SMILES string of the molecule is CCNc1cc(CC)nc(-c2ccc(OC)c(C)c2)n1. The maximum atomic E-state index is 5.29. The third kappa shape index (κ3) is 3.07. The van der Waals surface area contributed by atoms with Crippen LogP contribution in [-0.4, -0.2) is 23.6 Å². The van der Waals surface area contributed by atoms with Crippen molar-refractivity contribution in [2.45, 2.75) is 27.2 Å².